The van der Waals surface area contributed by atoms with Gasteiger partial charge in [-0.25, -0.2) is 0 Å². The Labute approximate surface area is 106 Å². The Morgan fingerprint density at radius 2 is 2.22 bits per heavy atom. The first-order valence-electron chi connectivity index (χ1n) is 6.55. The Balaban J connectivity index is 1.70. The minimum Gasteiger partial charge on any atom is -0.337 e. The molecule has 0 aromatic carbocycles. The van der Waals surface area contributed by atoms with Crippen molar-refractivity contribution in [2.45, 2.75) is 50.7 Å². The van der Waals surface area contributed by atoms with Crippen LogP contribution in [0.25, 0.3) is 0 Å². The predicted octanol–water partition coefficient (Wildman–Crippen LogP) is 0.0641. The standard InChI is InChI=1S/C12H19N5O/c1-16(11(18)12(13)5-3-6-12)8-10-15-14-9-4-2-7-17(9)10/h2-8,13H2,1H3. The highest BCUT2D eigenvalue weighted by Crippen LogP contribution is 2.31. The minimum absolute atomic E-state index is 0.0316. The second-order valence-electron chi connectivity index (χ2n) is 5.46. The lowest BCUT2D eigenvalue weighted by atomic mass is 9.76. The highest BCUT2D eigenvalue weighted by molar-refractivity contribution is 5.86. The van der Waals surface area contributed by atoms with Crippen LogP contribution in [0.1, 0.15) is 37.3 Å². The third kappa shape index (κ3) is 1.71. The molecule has 1 aliphatic carbocycles. The fourth-order valence-electron chi connectivity index (χ4n) is 2.76. The molecule has 1 aromatic rings. The van der Waals surface area contributed by atoms with Gasteiger partial charge < -0.3 is 15.2 Å². The number of fused-ring (bicyclic) bond motifs is 1. The molecule has 2 heterocycles. The van der Waals surface area contributed by atoms with Crippen molar-refractivity contribution in [3.63, 3.8) is 0 Å². The maximum absolute atomic E-state index is 12.2. The fourth-order valence-corrected chi connectivity index (χ4v) is 2.76. The summed E-state index contributed by atoms with van der Waals surface area (Å²) in [5.41, 5.74) is 5.43. The summed E-state index contributed by atoms with van der Waals surface area (Å²) < 4.78 is 2.12. The third-order valence-electron chi connectivity index (χ3n) is 4.08. The fraction of sp³-hybridized carbons (Fsp3) is 0.750. The van der Waals surface area contributed by atoms with Crippen LogP contribution in [0.3, 0.4) is 0 Å². The number of hydrogen-bond donors (Lipinski definition) is 1. The molecule has 2 aliphatic rings. The van der Waals surface area contributed by atoms with E-state index >= 15 is 0 Å². The molecule has 0 spiro atoms. The number of aryl methyl sites for hydroxylation is 1. The Kier molecular flexibility index (Phi) is 2.62. The zero-order valence-corrected chi connectivity index (χ0v) is 10.7. The van der Waals surface area contributed by atoms with E-state index in [0.29, 0.717) is 6.54 Å². The highest BCUT2D eigenvalue weighted by Gasteiger charge is 2.42. The second-order valence-corrected chi connectivity index (χ2v) is 5.46. The van der Waals surface area contributed by atoms with Crippen LogP contribution in [-0.4, -0.2) is 38.2 Å². The van der Waals surface area contributed by atoms with Gasteiger partial charge in [0, 0.05) is 20.0 Å². The van der Waals surface area contributed by atoms with Gasteiger partial charge in [-0.2, -0.15) is 0 Å². The first kappa shape index (κ1) is 11.6. The van der Waals surface area contributed by atoms with Gasteiger partial charge in [0.2, 0.25) is 5.91 Å². The van der Waals surface area contributed by atoms with Gasteiger partial charge in [-0.1, -0.05) is 0 Å². The monoisotopic (exact) mass is 249 g/mol. The summed E-state index contributed by atoms with van der Waals surface area (Å²) in [6.45, 7) is 1.47. The summed E-state index contributed by atoms with van der Waals surface area (Å²) in [6, 6.07) is 0. The summed E-state index contributed by atoms with van der Waals surface area (Å²) in [5.74, 6) is 1.95. The minimum atomic E-state index is -0.622. The van der Waals surface area contributed by atoms with Crippen LogP contribution in [0.2, 0.25) is 0 Å². The van der Waals surface area contributed by atoms with Gasteiger partial charge in [0.05, 0.1) is 12.1 Å². The van der Waals surface area contributed by atoms with E-state index in [1.807, 2.05) is 0 Å². The van der Waals surface area contributed by atoms with Crippen molar-refractivity contribution in [2.75, 3.05) is 7.05 Å². The molecule has 18 heavy (non-hydrogen) atoms. The lowest BCUT2D eigenvalue weighted by molar-refractivity contribution is -0.139. The smallest absolute Gasteiger partial charge is 0.242 e. The molecule has 1 saturated carbocycles. The number of aromatic nitrogens is 3. The van der Waals surface area contributed by atoms with Crippen molar-refractivity contribution in [1.82, 2.24) is 19.7 Å². The second kappa shape index (κ2) is 4.05. The summed E-state index contributed by atoms with van der Waals surface area (Å²) in [5, 5.41) is 8.31. The molecule has 1 aromatic heterocycles. The number of likely N-dealkylation sites (N-methyl/N-ethyl adjacent to an activating group) is 1. The topological polar surface area (TPSA) is 77.0 Å². The summed E-state index contributed by atoms with van der Waals surface area (Å²) in [4.78, 5) is 13.9. The molecule has 3 rings (SSSR count). The van der Waals surface area contributed by atoms with Crippen molar-refractivity contribution in [2.24, 2.45) is 5.73 Å². The van der Waals surface area contributed by atoms with E-state index in [9.17, 15) is 4.79 Å². The van der Waals surface area contributed by atoms with Crippen molar-refractivity contribution in [3.8, 4) is 0 Å². The quantitative estimate of drug-likeness (QED) is 0.822. The molecule has 0 radical (unpaired) electrons. The van der Waals surface area contributed by atoms with Crippen LogP contribution in [0, 0.1) is 0 Å². The molecule has 6 heteroatoms. The van der Waals surface area contributed by atoms with E-state index in [4.69, 9.17) is 5.73 Å². The highest BCUT2D eigenvalue weighted by atomic mass is 16.2. The first-order valence-corrected chi connectivity index (χ1v) is 6.55. The van der Waals surface area contributed by atoms with E-state index in [1.54, 1.807) is 11.9 Å². The van der Waals surface area contributed by atoms with Gasteiger partial charge in [-0.3, -0.25) is 4.79 Å². The molecule has 6 nitrogen and oxygen atoms in total. The van der Waals surface area contributed by atoms with E-state index < -0.39 is 5.54 Å². The molecule has 2 N–H and O–H groups in total. The maximum Gasteiger partial charge on any atom is 0.242 e. The van der Waals surface area contributed by atoms with E-state index in [0.717, 1.165) is 50.3 Å². The van der Waals surface area contributed by atoms with Gasteiger partial charge in [0.1, 0.15) is 5.82 Å². The SMILES string of the molecule is CN(Cc1nnc2n1CCC2)C(=O)C1(N)CCC1. The van der Waals surface area contributed by atoms with E-state index in [2.05, 4.69) is 14.8 Å². The molecule has 98 valence electrons. The summed E-state index contributed by atoms with van der Waals surface area (Å²) >= 11 is 0. The Bertz CT molecular complexity index is 477. The molecule has 0 unspecified atom stereocenters. The van der Waals surface area contributed by atoms with Gasteiger partial charge in [-0.05, 0) is 25.7 Å². The number of carbonyl (C=O) groups is 1. The first-order chi connectivity index (χ1) is 8.60. The van der Waals surface area contributed by atoms with Crippen molar-refractivity contribution >= 4 is 5.91 Å². The van der Waals surface area contributed by atoms with Crippen LogP contribution < -0.4 is 5.73 Å². The largest absolute Gasteiger partial charge is 0.337 e. The lowest BCUT2D eigenvalue weighted by Gasteiger charge is -2.39. The number of nitrogens with two attached hydrogens (primary N) is 1. The summed E-state index contributed by atoms with van der Waals surface area (Å²) in [7, 11) is 1.80. The molecule has 0 atom stereocenters. The predicted molar refractivity (Wildman–Crippen MR) is 65.6 cm³/mol. The molecular formula is C12H19N5O. The van der Waals surface area contributed by atoms with Crippen LogP contribution in [-0.2, 0) is 24.3 Å². The van der Waals surface area contributed by atoms with Crippen molar-refractivity contribution < 1.29 is 4.79 Å². The normalized spacial score (nSPS) is 20.3. The summed E-state index contributed by atoms with van der Waals surface area (Å²) in [6.07, 6.45) is 4.76. The molecule has 1 aliphatic heterocycles. The van der Waals surface area contributed by atoms with Gasteiger partial charge in [0.15, 0.2) is 5.82 Å². The lowest BCUT2D eigenvalue weighted by Crippen LogP contribution is -2.58. The number of rotatable bonds is 3. The average molecular weight is 249 g/mol. The van der Waals surface area contributed by atoms with Crippen LogP contribution >= 0.6 is 0 Å². The number of amides is 1. The zero-order valence-electron chi connectivity index (χ0n) is 10.7. The van der Waals surface area contributed by atoms with Gasteiger partial charge in [0.25, 0.3) is 0 Å². The molecule has 0 bridgehead atoms. The Morgan fingerprint density at radius 3 is 2.89 bits per heavy atom. The third-order valence-corrected chi connectivity index (χ3v) is 4.08. The average Bonchev–Trinajstić information content (AvgIpc) is 2.89. The van der Waals surface area contributed by atoms with E-state index in [1.165, 1.54) is 0 Å². The number of nitrogens with zero attached hydrogens (tertiary/aromatic N) is 4. The van der Waals surface area contributed by atoms with Crippen molar-refractivity contribution in [3.05, 3.63) is 11.6 Å². The molecule has 0 saturated heterocycles. The molecule has 1 fully saturated rings. The molecular weight excluding hydrogens is 230 g/mol. The maximum atomic E-state index is 12.2. The van der Waals surface area contributed by atoms with E-state index in [-0.39, 0.29) is 5.91 Å². The Morgan fingerprint density at radius 1 is 1.44 bits per heavy atom. The number of hydrogen-bond acceptors (Lipinski definition) is 4. The van der Waals surface area contributed by atoms with Crippen molar-refractivity contribution in [1.29, 1.82) is 0 Å². The van der Waals surface area contributed by atoms with Gasteiger partial charge >= 0.3 is 0 Å². The van der Waals surface area contributed by atoms with Crippen LogP contribution in [0.4, 0.5) is 0 Å². The zero-order chi connectivity index (χ0) is 12.8. The van der Waals surface area contributed by atoms with Gasteiger partial charge in [-0.15, -0.1) is 10.2 Å². The number of carbonyl (C=O) groups excluding carboxylic acids is 1. The van der Waals surface area contributed by atoms with Crippen LogP contribution in [0.5, 0.6) is 0 Å². The van der Waals surface area contributed by atoms with Crippen LogP contribution in [0.15, 0.2) is 0 Å². The molecule has 1 amide bonds. The Hall–Kier alpha value is -1.43.